The lowest BCUT2D eigenvalue weighted by Crippen LogP contribution is -2.40. The van der Waals surface area contributed by atoms with Crippen molar-refractivity contribution >= 4 is 51.5 Å². The standard InChI is InChI=1S/C39H33ClN4O5S/c1-23-34(37(45)42-28-10-6-5-7-11-28)35(25-18-31(47-2)36(49-4)32(19-25)48-3)44-38(46)33(50-39(44)41-23)20-26-22-43(30-13-9-8-12-29(26)30)21-24-14-16-27(40)17-15-24/h5-20,22,35H,21H2,1-4H3,(H,42,45)/b33-20-/t35-/m1/s1. The van der Waals surface area contributed by atoms with Crippen molar-refractivity contribution in [2.45, 2.75) is 19.5 Å². The zero-order chi connectivity index (χ0) is 34.9. The Morgan fingerprint density at radius 3 is 2.30 bits per heavy atom. The van der Waals surface area contributed by atoms with Gasteiger partial charge in [-0.1, -0.05) is 71.5 Å². The minimum absolute atomic E-state index is 0.278. The Hall–Kier alpha value is -5.58. The fourth-order valence-corrected chi connectivity index (χ4v) is 7.52. The summed E-state index contributed by atoms with van der Waals surface area (Å²) in [7, 11) is 4.58. The van der Waals surface area contributed by atoms with Crippen LogP contribution in [0.4, 0.5) is 5.69 Å². The van der Waals surface area contributed by atoms with Gasteiger partial charge in [0.15, 0.2) is 16.3 Å². The van der Waals surface area contributed by atoms with E-state index in [0.717, 1.165) is 22.0 Å². The summed E-state index contributed by atoms with van der Waals surface area (Å²) in [6, 6.07) is 27.7. The molecule has 0 fully saturated rings. The number of hydrogen-bond donors (Lipinski definition) is 1. The molecule has 9 nitrogen and oxygen atoms in total. The number of carbonyl (C=O) groups is 1. The molecular weight excluding hydrogens is 672 g/mol. The second-order valence-corrected chi connectivity index (χ2v) is 13.2. The Balaban J connectivity index is 1.40. The Kier molecular flexibility index (Phi) is 9.05. The Bertz CT molecular complexity index is 2440. The summed E-state index contributed by atoms with van der Waals surface area (Å²) in [5.74, 6) is 0.817. The number of nitrogens with one attached hydrogen (secondary N) is 1. The topological polar surface area (TPSA) is 96.1 Å². The molecule has 0 spiro atoms. The van der Waals surface area contributed by atoms with Crippen molar-refractivity contribution in [2.75, 3.05) is 26.6 Å². The largest absolute Gasteiger partial charge is 0.493 e. The lowest BCUT2D eigenvalue weighted by molar-refractivity contribution is -0.113. The molecule has 50 heavy (non-hydrogen) atoms. The highest BCUT2D eigenvalue weighted by molar-refractivity contribution is 7.07. The highest BCUT2D eigenvalue weighted by atomic mass is 35.5. The van der Waals surface area contributed by atoms with Gasteiger partial charge in [0.2, 0.25) is 5.75 Å². The smallest absolute Gasteiger partial charge is 0.271 e. The molecule has 4 aromatic carbocycles. The minimum atomic E-state index is -0.850. The first-order valence-corrected chi connectivity index (χ1v) is 17.0. The van der Waals surface area contributed by atoms with E-state index in [9.17, 15) is 9.59 Å². The van der Waals surface area contributed by atoms with Gasteiger partial charge >= 0.3 is 0 Å². The third-order valence-corrected chi connectivity index (χ3v) is 9.91. The first-order chi connectivity index (χ1) is 24.3. The van der Waals surface area contributed by atoms with Gasteiger partial charge in [0, 0.05) is 39.9 Å². The molecular formula is C39H33ClN4O5S. The maximum atomic E-state index is 14.6. The third-order valence-electron chi connectivity index (χ3n) is 8.67. The Labute approximate surface area is 297 Å². The van der Waals surface area contributed by atoms with Gasteiger partial charge in [-0.05, 0) is 66.6 Å². The lowest BCUT2D eigenvalue weighted by Gasteiger charge is -2.26. The van der Waals surface area contributed by atoms with Crippen LogP contribution in [0, 0.1) is 0 Å². The molecule has 1 atom stereocenters. The van der Waals surface area contributed by atoms with Crippen LogP contribution in [0.2, 0.25) is 5.02 Å². The number of benzene rings is 4. The van der Waals surface area contributed by atoms with E-state index in [0.29, 0.717) is 60.7 Å². The van der Waals surface area contributed by atoms with Crippen LogP contribution in [0.25, 0.3) is 17.0 Å². The second-order valence-electron chi connectivity index (χ2n) is 11.7. The van der Waals surface area contributed by atoms with Gasteiger partial charge in [0.05, 0.1) is 43.2 Å². The highest BCUT2D eigenvalue weighted by Crippen LogP contribution is 2.42. The summed E-state index contributed by atoms with van der Waals surface area (Å²) in [5, 5.41) is 4.68. The van der Waals surface area contributed by atoms with Crippen molar-refractivity contribution in [3.05, 3.63) is 150 Å². The zero-order valence-electron chi connectivity index (χ0n) is 27.8. The number of thiazole rings is 1. The number of anilines is 1. The van der Waals surface area contributed by atoms with Crippen LogP contribution in [-0.2, 0) is 11.3 Å². The van der Waals surface area contributed by atoms with E-state index in [1.165, 1.54) is 32.7 Å². The van der Waals surface area contributed by atoms with Crippen molar-refractivity contribution in [3.8, 4) is 17.2 Å². The van der Waals surface area contributed by atoms with Crippen LogP contribution in [-0.4, -0.2) is 36.4 Å². The number of para-hydroxylation sites is 2. The summed E-state index contributed by atoms with van der Waals surface area (Å²) in [6.45, 7) is 2.42. The van der Waals surface area contributed by atoms with E-state index >= 15 is 0 Å². The van der Waals surface area contributed by atoms with Crippen LogP contribution < -0.4 is 34.4 Å². The number of ether oxygens (including phenoxy) is 3. The molecule has 0 saturated heterocycles. The molecule has 0 saturated carbocycles. The molecule has 0 unspecified atom stereocenters. The molecule has 3 heterocycles. The number of amides is 1. The van der Waals surface area contributed by atoms with Crippen LogP contribution in [0.1, 0.15) is 29.7 Å². The molecule has 0 bridgehead atoms. The number of methoxy groups -OCH3 is 3. The maximum Gasteiger partial charge on any atom is 0.271 e. The molecule has 1 amide bonds. The van der Waals surface area contributed by atoms with E-state index in [2.05, 4.69) is 22.1 Å². The fraction of sp³-hybridized carbons (Fsp3) is 0.154. The predicted molar refractivity (Wildman–Crippen MR) is 197 cm³/mol. The average molecular weight is 705 g/mol. The van der Waals surface area contributed by atoms with Gasteiger partial charge in [-0.15, -0.1) is 0 Å². The average Bonchev–Trinajstić information content (AvgIpc) is 3.63. The van der Waals surface area contributed by atoms with Gasteiger partial charge in [-0.2, -0.15) is 0 Å². The van der Waals surface area contributed by atoms with E-state index in [1.807, 2.05) is 66.7 Å². The van der Waals surface area contributed by atoms with E-state index in [1.54, 1.807) is 35.8 Å². The molecule has 7 rings (SSSR count). The first kappa shape index (κ1) is 32.9. The number of fused-ring (bicyclic) bond motifs is 2. The first-order valence-electron chi connectivity index (χ1n) is 15.8. The molecule has 0 aliphatic carbocycles. The van der Waals surface area contributed by atoms with Crippen LogP contribution in [0.3, 0.4) is 0 Å². The fourth-order valence-electron chi connectivity index (χ4n) is 6.36. The van der Waals surface area contributed by atoms with Crippen molar-refractivity contribution in [1.29, 1.82) is 0 Å². The number of halogens is 1. The second kappa shape index (κ2) is 13.7. The monoisotopic (exact) mass is 704 g/mol. The Morgan fingerprint density at radius 2 is 1.62 bits per heavy atom. The number of allylic oxidation sites excluding steroid dienone is 1. The minimum Gasteiger partial charge on any atom is -0.493 e. The summed E-state index contributed by atoms with van der Waals surface area (Å²) in [5.41, 5.74) is 4.77. The summed E-state index contributed by atoms with van der Waals surface area (Å²) < 4.78 is 21.2. The van der Waals surface area contributed by atoms with E-state index < -0.39 is 6.04 Å². The van der Waals surface area contributed by atoms with E-state index in [-0.39, 0.29) is 11.5 Å². The number of rotatable bonds is 9. The van der Waals surface area contributed by atoms with Crippen LogP contribution in [0.5, 0.6) is 17.2 Å². The normalized spacial score (nSPS) is 14.3. The summed E-state index contributed by atoms with van der Waals surface area (Å²) >= 11 is 7.41. The SMILES string of the molecule is COc1cc([C@@H]2C(C(=O)Nc3ccccc3)=C(C)N=c3s/c(=C\c4cn(Cc5ccc(Cl)cc5)c5ccccc45)c(=O)n32)cc(OC)c1OC. The van der Waals surface area contributed by atoms with Crippen LogP contribution in [0.15, 0.2) is 118 Å². The number of aromatic nitrogens is 2. The molecule has 6 aromatic rings. The molecule has 1 aliphatic heterocycles. The quantitative estimate of drug-likeness (QED) is 0.184. The Morgan fingerprint density at radius 1 is 0.940 bits per heavy atom. The molecule has 1 N–H and O–H groups in total. The highest BCUT2D eigenvalue weighted by Gasteiger charge is 2.34. The van der Waals surface area contributed by atoms with Crippen molar-refractivity contribution < 1.29 is 19.0 Å². The van der Waals surface area contributed by atoms with Crippen LogP contribution >= 0.6 is 22.9 Å². The maximum absolute atomic E-state index is 14.6. The summed E-state index contributed by atoms with van der Waals surface area (Å²) in [6.07, 6.45) is 3.96. The number of nitrogens with zero attached hydrogens (tertiary/aromatic N) is 3. The predicted octanol–water partition coefficient (Wildman–Crippen LogP) is 6.56. The van der Waals surface area contributed by atoms with Crippen molar-refractivity contribution in [3.63, 3.8) is 0 Å². The molecule has 11 heteroatoms. The van der Waals surface area contributed by atoms with Gasteiger partial charge in [-0.25, -0.2) is 4.99 Å². The van der Waals surface area contributed by atoms with Gasteiger partial charge in [0.1, 0.15) is 0 Å². The number of hydrogen-bond acceptors (Lipinski definition) is 7. The summed E-state index contributed by atoms with van der Waals surface area (Å²) in [4.78, 5) is 33.9. The third kappa shape index (κ3) is 6.08. The van der Waals surface area contributed by atoms with Crippen molar-refractivity contribution in [2.24, 2.45) is 4.99 Å². The number of carbonyl (C=O) groups excluding carboxylic acids is 1. The zero-order valence-corrected chi connectivity index (χ0v) is 29.3. The molecule has 2 aromatic heterocycles. The van der Waals surface area contributed by atoms with Gasteiger partial charge in [0.25, 0.3) is 11.5 Å². The molecule has 0 radical (unpaired) electrons. The van der Waals surface area contributed by atoms with Gasteiger partial charge < -0.3 is 24.1 Å². The lowest BCUT2D eigenvalue weighted by atomic mass is 9.94. The van der Waals surface area contributed by atoms with Gasteiger partial charge in [-0.3, -0.25) is 14.2 Å². The van der Waals surface area contributed by atoms with E-state index in [4.69, 9.17) is 30.8 Å². The van der Waals surface area contributed by atoms with Crippen molar-refractivity contribution in [1.82, 2.24) is 9.13 Å². The molecule has 252 valence electrons. The molecule has 1 aliphatic rings.